The molecule has 2 aliphatic carbocycles. The van der Waals surface area contributed by atoms with Crippen molar-refractivity contribution in [3.8, 4) is 0 Å². The van der Waals surface area contributed by atoms with E-state index >= 15 is 0 Å². The van der Waals surface area contributed by atoms with Gasteiger partial charge in [0.15, 0.2) is 12.1 Å². The molecule has 0 amide bonds. The van der Waals surface area contributed by atoms with Gasteiger partial charge in [-0.05, 0) is 32.1 Å². The van der Waals surface area contributed by atoms with Crippen molar-refractivity contribution in [3.05, 3.63) is 12.2 Å². The molecule has 6 heteroatoms. The second-order valence-corrected chi connectivity index (χ2v) is 6.34. The van der Waals surface area contributed by atoms with Crippen molar-refractivity contribution >= 4 is 11.9 Å². The maximum atomic E-state index is 11.6. The van der Waals surface area contributed by atoms with E-state index in [-0.39, 0.29) is 35.9 Å². The molecule has 0 aromatic carbocycles. The van der Waals surface area contributed by atoms with Crippen LogP contribution in [-0.2, 0) is 19.1 Å². The van der Waals surface area contributed by atoms with Crippen LogP contribution in [0.4, 0.5) is 0 Å². The summed E-state index contributed by atoms with van der Waals surface area (Å²) in [5.74, 6) is 0.756. The van der Waals surface area contributed by atoms with Crippen molar-refractivity contribution < 1.29 is 30.5 Å². The largest absolute Gasteiger partial charge is 0.461 e. The third-order valence-corrected chi connectivity index (χ3v) is 4.44. The van der Waals surface area contributed by atoms with Crippen LogP contribution in [0.3, 0.4) is 0 Å². The fraction of sp³-hybridized carbons (Fsp3) is 0.733. The third-order valence-electron chi connectivity index (χ3n) is 4.44. The molecule has 6 atom stereocenters. The van der Waals surface area contributed by atoms with Gasteiger partial charge in [0.2, 0.25) is 0 Å². The summed E-state index contributed by atoms with van der Waals surface area (Å²) >= 11 is 0. The summed E-state index contributed by atoms with van der Waals surface area (Å²) in [5, 5.41) is 0. The van der Waals surface area contributed by atoms with E-state index in [1.807, 2.05) is 0 Å². The van der Waals surface area contributed by atoms with Crippen LogP contribution in [-0.4, -0.2) is 37.2 Å². The zero-order valence-corrected chi connectivity index (χ0v) is 12.8. The molecule has 0 spiro atoms. The van der Waals surface area contributed by atoms with Gasteiger partial charge in [-0.15, -0.1) is 0 Å². The first-order valence-corrected chi connectivity index (χ1v) is 7.58. The van der Waals surface area contributed by atoms with E-state index in [0.717, 1.165) is 6.42 Å². The van der Waals surface area contributed by atoms with Crippen molar-refractivity contribution in [3.63, 3.8) is 0 Å². The highest BCUT2D eigenvalue weighted by Crippen LogP contribution is 2.48. The molecule has 6 N–H and O–H groups in total. The number of hydrogen-bond donors (Lipinski definition) is 2. The van der Waals surface area contributed by atoms with Crippen LogP contribution in [0.1, 0.15) is 20.3 Å². The Morgan fingerprint density at radius 1 is 1.00 bits per heavy atom. The van der Waals surface area contributed by atoms with E-state index in [0.29, 0.717) is 25.0 Å². The molecule has 2 unspecified atom stereocenters. The summed E-state index contributed by atoms with van der Waals surface area (Å²) in [6.07, 6.45) is 5.45. The van der Waals surface area contributed by atoms with Gasteiger partial charge in [-0.1, -0.05) is 12.2 Å². The molecule has 0 heterocycles. The van der Waals surface area contributed by atoms with Crippen LogP contribution >= 0.6 is 0 Å². The lowest BCUT2D eigenvalue weighted by molar-refractivity contribution is -0.403. The van der Waals surface area contributed by atoms with Crippen molar-refractivity contribution in [1.82, 2.24) is 0 Å². The number of carbonyl (C=O) groups excluding carboxylic acids is 2. The predicted octanol–water partition coefficient (Wildman–Crippen LogP) is -1.23. The standard InChI is InChI=1S/C15H24N2O4/c1-8(16)14(18)20-6-12-10-3-4-11(5-10)13(12)7-21-15(19)9(2)17/h3-4,8-13H,5-7,16-17H2,1-2H3/p+2/t8-,9-,10?,11?,12-,13+/m0/s1. The minimum Gasteiger partial charge on any atom is -0.461 e. The van der Waals surface area contributed by atoms with Crippen molar-refractivity contribution in [2.45, 2.75) is 32.4 Å². The minimum absolute atomic E-state index is 0.232. The summed E-state index contributed by atoms with van der Waals surface area (Å²) in [4.78, 5) is 23.1. The quantitative estimate of drug-likeness (QED) is 0.473. The zero-order valence-electron chi connectivity index (χ0n) is 12.8. The van der Waals surface area contributed by atoms with Crippen LogP contribution in [0, 0.1) is 23.7 Å². The van der Waals surface area contributed by atoms with Gasteiger partial charge in [-0.2, -0.15) is 0 Å². The second kappa shape index (κ2) is 6.58. The Morgan fingerprint density at radius 2 is 1.38 bits per heavy atom. The summed E-state index contributed by atoms with van der Waals surface area (Å²) in [7, 11) is 0. The van der Waals surface area contributed by atoms with Gasteiger partial charge >= 0.3 is 11.9 Å². The SMILES string of the molecule is C[C@H]([NH3+])C(=O)OC[C@@H]1C2C=CC(C2)[C@@H]1COC(=O)[C@H](C)[NH3+]. The molecule has 1 fully saturated rings. The molecule has 2 bridgehead atoms. The molecule has 118 valence electrons. The Labute approximate surface area is 124 Å². The van der Waals surface area contributed by atoms with Gasteiger partial charge in [0.25, 0.3) is 0 Å². The Balaban J connectivity index is 1.90. The Bertz CT molecular complexity index is 395. The van der Waals surface area contributed by atoms with Crippen molar-refractivity contribution in [1.29, 1.82) is 0 Å². The number of fused-ring (bicyclic) bond motifs is 2. The first-order valence-electron chi connectivity index (χ1n) is 7.58. The van der Waals surface area contributed by atoms with Gasteiger partial charge < -0.3 is 20.9 Å². The number of carbonyl (C=O) groups is 2. The third kappa shape index (κ3) is 3.63. The molecule has 6 nitrogen and oxygen atoms in total. The molecule has 1 saturated carbocycles. The Morgan fingerprint density at radius 3 is 1.71 bits per heavy atom. The molecule has 2 aliphatic rings. The molecular formula is C15H26N2O4+2. The average molecular weight is 298 g/mol. The number of hydrogen-bond acceptors (Lipinski definition) is 4. The summed E-state index contributed by atoms with van der Waals surface area (Å²) in [6.45, 7) is 4.20. The van der Waals surface area contributed by atoms with E-state index in [9.17, 15) is 9.59 Å². The van der Waals surface area contributed by atoms with Gasteiger partial charge in [-0.25, -0.2) is 9.59 Å². The highest BCUT2D eigenvalue weighted by atomic mass is 16.5. The Hall–Kier alpha value is -1.40. The lowest BCUT2D eigenvalue weighted by atomic mass is 9.84. The summed E-state index contributed by atoms with van der Waals surface area (Å²) in [5.41, 5.74) is 7.33. The van der Waals surface area contributed by atoms with E-state index in [4.69, 9.17) is 9.47 Å². The van der Waals surface area contributed by atoms with Gasteiger partial charge in [0.1, 0.15) is 0 Å². The molecule has 0 saturated heterocycles. The second-order valence-electron chi connectivity index (χ2n) is 6.34. The molecule has 21 heavy (non-hydrogen) atoms. The van der Waals surface area contributed by atoms with E-state index in [1.54, 1.807) is 13.8 Å². The number of esters is 2. The average Bonchev–Trinajstić information content (AvgIpc) is 3.02. The van der Waals surface area contributed by atoms with Crippen LogP contribution in [0.5, 0.6) is 0 Å². The van der Waals surface area contributed by atoms with Crippen LogP contribution in [0.25, 0.3) is 0 Å². The molecule has 0 aliphatic heterocycles. The van der Waals surface area contributed by atoms with Crippen molar-refractivity contribution in [2.75, 3.05) is 13.2 Å². The number of ether oxygens (including phenoxy) is 2. The highest BCUT2D eigenvalue weighted by Gasteiger charge is 2.45. The molecule has 0 radical (unpaired) electrons. The summed E-state index contributed by atoms with van der Waals surface area (Å²) in [6, 6.07) is -0.718. The highest BCUT2D eigenvalue weighted by molar-refractivity contribution is 5.73. The van der Waals surface area contributed by atoms with Gasteiger partial charge in [0, 0.05) is 11.8 Å². The molecular weight excluding hydrogens is 272 g/mol. The number of rotatable bonds is 6. The Kier molecular flexibility index (Phi) is 5.00. The molecule has 0 aromatic rings. The predicted molar refractivity (Wildman–Crippen MR) is 74.3 cm³/mol. The van der Waals surface area contributed by atoms with E-state index in [2.05, 4.69) is 23.6 Å². The minimum atomic E-state index is -0.359. The fourth-order valence-electron chi connectivity index (χ4n) is 3.16. The monoisotopic (exact) mass is 298 g/mol. The molecule has 2 rings (SSSR count). The first-order chi connectivity index (χ1) is 9.90. The number of quaternary nitrogens is 2. The van der Waals surface area contributed by atoms with Gasteiger partial charge in [0.05, 0.1) is 13.2 Å². The smallest absolute Gasteiger partial charge is 0.364 e. The van der Waals surface area contributed by atoms with Crippen LogP contribution < -0.4 is 11.5 Å². The topological polar surface area (TPSA) is 108 Å². The normalized spacial score (nSPS) is 32.8. The maximum Gasteiger partial charge on any atom is 0.364 e. The first kappa shape index (κ1) is 16.0. The molecule has 0 aromatic heterocycles. The lowest BCUT2D eigenvalue weighted by Crippen LogP contribution is -2.63. The van der Waals surface area contributed by atoms with E-state index in [1.165, 1.54) is 0 Å². The van der Waals surface area contributed by atoms with Crippen molar-refractivity contribution in [2.24, 2.45) is 23.7 Å². The van der Waals surface area contributed by atoms with Crippen LogP contribution in [0.15, 0.2) is 12.2 Å². The van der Waals surface area contributed by atoms with E-state index < -0.39 is 0 Å². The van der Waals surface area contributed by atoms with Gasteiger partial charge in [-0.3, -0.25) is 0 Å². The van der Waals surface area contributed by atoms with Crippen LogP contribution in [0.2, 0.25) is 0 Å². The summed E-state index contributed by atoms with van der Waals surface area (Å²) < 4.78 is 10.7. The lowest BCUT2D eigenvalue weighted by Gasteiger charge is -2.27. The fourth-order valence-corrected chi connectivity index (χ4v) is 3.16. The maximum absolute atomic E-state index is 11.6. The zero-order chi connectivity index (χ0) is 15.6. The number of allylic oxidation sites excluding steroid dienone is 2.